The Labute approximate surface area is 149 Å². The number of esters is 2. The summed E-state index contributed by atoms with van der Waals surface area (Å²) in [6.45, 7) is 5.02. The van der Waals surface area contributed by atoms with Crippen molar-refractivity contribution in [2.45, 2.75) is 38.9 Å². The van der Waals surface area contributed by atoms with Crippen LogP contribution in [0.1, 0.15) is 38.7 Å². The van der Waals surface area contributed by atoms with Crippen LogP contribution in [0.2, 0.25) is 0 Å². The van der Waals surface area contributed by atoms with Crippen LogP contribution in [-0.4, -0.2) is 30.8 Å². The molecule has 0 atom stereocenters. The predicted octanol–water partition coefficient (Wildman–Crippen LogP) is 3.66. The van der Waals surface area contributed by atoms with Crippen LogP contribution in [0, 0.1) is 0 Å². The molecular formula is C18H20BrNO4. The van der Waals surface area contributed by atoms with Crippen LogP contribution < -0.4 is 4.90 Å². The Balaban J connectivity index is 1.98. The maximum absolute atomic E-state index is 12.2. The van der Waals surface area contributed by atoms with Crippen LogP contribution in [0.25, 0.3) is 6.08 Å². The van der Waals surface area contributed by atoms with Gasteiger partial charge in [0, 0.05) is 42.7 Å². The number of anilines is 1. The Morgan fingerprint density at radius 1 is 1.08 bits per heavy atom. The van der Waals surface area contributed by atoms with E-state index >= 15 is 0 Å². The Bertz CT molecular complexity index is 683. The maximum Gasteiger partial charge on any atom is 0.348 e. The van der Waals surface area contributed by atoms with Crippen molar-refractivity contribution in [1.82, 2.24) is 0 Å². The molecule has 0 aliphatic carbocycles. The Hall–Kier alpha value is -1.82. The lowest BCUT2D eigenvalue weighted by Crippen LogP contribution is -2.41. The van der Waals surface area contributed by atoms with E-state index in [1.54, 1.807) is 6.08 Å². The summed E-state index contributed by atoms with van der Waals surface area (Å²) in [5, 5.41) is 0. The Kier molecular flexibility index (Phi) is 4.67. The monoisotopic (exact) mass is 393 g/mol. The van der Waals surface area contributed by atoms with E-state index in [0.717, 1.165) is 41.7 Å². The third kappa shape index (κ3) is 3.64. The molecular weight excluding hydrogens is 374 g/mol. The molecule has 5 nitrogen and oxygen atoms in total. The highest BCUT2D eigenvalue weighted by atomic mass is 79.9. The number of rotatable bonds is 2. The van der Waals surface area contributed by atoms with E-state index in [2.05, 4.69) is 20.8 Å². The van der Waals surface area contributed by atoms with Crippen molar-refractivity contribution >= 4 is 39.6 Å². The van der Waals surface area contributed by atoms with Crippen molar-refractivity contribution < 1.29 is 19.1 Å². The lowest BCUT2D eigenvalue weighted by atomic mass is 10.0. The molecule has 0 spiro atoms. The van der Waals surface area contributed by atoms with Crippen LogP contribution in [0.5, 0.6) is 0 Å². The largest absolute Gasteiger partial charge is 0.419 e. The van der Waals surface area contributed by atoms with Gasteiger partial charge in [-0.05, 0) is 43.5 Å². The molecule has 2 saturated heterocycles. The standard InChI is InChI=1S/C18H20BrNO4/c1-18(2)23-16(21)14(17(22)24-18)11-12-10-13(19)6-7-15(12)20-8-4-3-5-9-20/h6-7,10-11H,3-5,8-9H2,1-2H3. The zero-order valence-electron chi connectivity index (χ0n) is 13.8. The zero-order valence-corrected chi connectivity index (χ0v) is 15.4. The van der Waals surface area contributed by atoms with Gasteiger partial charge in [-0.25, -0.2) is 9.59 Å². The first-order valence-electron chi connectivity index (χ1n) is 8.09. The van der Waals surface area contributed by atoms with Gasteiger partial charge in [0.25, 0.3) is 5.79 Å². The van der Waals surface area contributed by atoms with Crippen LogP contribution in [0.15, 0.2) is 28.2 Å². The van der Waals surface area contributed by atoms with E-state index in [-0.39, 0.29) is 5.57 Å². The maximum atomic E-state index is 12.2. The number of carbonyl (C=O) groups excluding carboxylic acids is 2. The number of nitrogens with zero attached hydrogens (tertiary/aromatic N) is 1. The highest BCUT2D eigenvalue weighted by Crippen LogP contribution is 2.31. The molecule has 3 rings (SSSR count). The first-order chi connectivity index (χ1) is 11.4. The number of cyclic esters (lactones) is 2. The lowest BCUT2D eigenvalue weighted by molar-refractivity contribution is -0.222. The average Bonchev–Trinajstić information content (AvgIpc) is 2.51. The molecule has 6 heteroatoms. The van der Waals surface area contributed by atoms with Gasteiger partial charge < -0.3 is 14.4 Å². The lowest BCUT2D eigenvalue weighted by Gasteiger charge is -2.31. The smallest absolute Gasteiger partial charge is 0.348 e. The van der Waals surface area contributed by atoms with Crippen LogP contribution in [0.4, 0.5) is 5.69 Å². The molecule has 0 amide bonds. The van der Waals surface area contributed by atoms with Gasteiger partial charge in [-0.15, -0.1) is 0 Å². The third-order valence-electron chi connectivity index (χ3n) is 4.10. The van der Waals surface area contributed by atoms with E-state index in [1.807, 2.05) is 18.2 Å². The number of ether oxygens (including phenoxy) is 2. The fourth-order valence-corrected chi connectivity index (χ4v) is 3.38. The van der Waals surface area contributed by atoms with E-state index in [0.29, 0.717) is 0 Å². The second-order valence-electron chi connectivity index (χ2n) is 6.49. The molecule has 0 N–H and O–H groups in total. The van der Waals surface area contributed by atoms with Gasteiger partial charge in [-0.1, -0.05) is 15.9 Å². The van der Waals surface area contributed by atoms with Gasteiger partial charge >= 0.3 is 11.9 Å². The number of hydrogen-bond donors (Lipinski definition) is 0. The molecule has 24 heavy (non-hydrogen) atoms. The third-order valence-corrected chi connectivity index (χ3v) is 4.60. The molecule has 128 valence electrons. The summed E-state index contributed by atoms with van der Waals surface area (Å²) in [6.07, 6.45) is 5.08. The van der Waals surface area contributed by atoms with Crippen molar-refractivity contribution in [3.63, 3.8) is 0 Å². The quantitative estimate of drug-likeness (QED) is 0.435. The highest BCUT2D eigenvalue weighted by molar-refractivity contribution is 9.10. The normalized spacial score (nSPS) is 20.5. The molecule has 0 saturated carbocycles. The fraction of sp³-hybridized carbons (Fsp3) is 0.444. The minimum absolute atomic E-state index is 0.0781. The van der Waals surface area contributed by atoms with Crippen molar-refractivity contribution in [3.05, 3.63) is 33.8 Å². The first-order valence-corrected chi connectivity index (χ1v) is 8.88. The van der Waals surface area contributed by atoms with Gasteiger partial charge in [-0.2, -0.15) is 0 Å². The molecule has 2 fully saturated rings. The highest BCUT2D eigenvalue weighted by Gasteiger charge is 2.39. The van der Waals surface area contributed by atoms with Gasteiger partial charge in [-0.3, -0.25) is 0 Å². The van der Waals surface area contributed by atoms with Crippen molar-refractivity contribution in [1.29, 1.82) is 0 Å². The fourth-order valence-electron chi connectivity index (χ4n) is 3.00. The van der Waals surface area contributed by atoms with Crippen LogP contribution in [0.3, 0.4) is 0 Å². The van der Waals surface area contributed by atoms with E-state index < -0.39 is 17.7 Å². The minimum Gasteiger partial charge on any atom is -0.419 e. The molecule has 1 aromatic carbocycles. The Morgan fingerprint density at radius 2 is 1.71 bits per heavy atom. The predicted molar refractivity (Wildman–Crippen MR) is 94.4 cm³/mol. The summed E-state index contributed by atoms with van der Waals surface area (Å²) < 4.78 is 11.2. The van der Waals surface area contributed by atoms with Gasteiger partial charge in [0.05, 0.1) is 0 Å². The molecule has 0 unspecified atom stereocenters. The van der Waals surface area contributed by atoms with E-state index in [1.165, 1.54) is 20.3 Å². The second kappa shape index (κ2) is 6.59. The van der Waals surface area contributed by atoms with Crippen molar-refractivity contribution in [2.24, 2.45) is 0 Å². The summed E-state index contributed by atoms with van der Waals surface area (Å²) in [5.41, 5.74) is 1.73. The SMILES string of the molecule is CC1(C)OC(=O)C(=Cc2cc(Br)ccc2N2CCCCC2)C(=O)O1. The van der Waals surface area contributed by atoms with Crippen LogP contribution in [-0.2, 0) is 19.1 Å². The number of halogens is 1. The summed E-state index contributed by atoms with van der Waals surface area (Å²) >= 11 is 3.45. The molecule has 2 aliphatic rings. The molecule has 2 heterocycles. The minimum atomic E-state index is -1.22. The number of piperidine rings is 1. The summed E-state index contributed by atoms with van der Waals surface area (Å²) in [4.78, 5) is 26.6. The van der Waals surface area contributed by atoms with Gasteiger partial charge in [0.2, 0.25) is 0 Å². The van der Waals surface area contributed by atoms with Gasteiger partial charge in [0.15, 0.2) is 0 Å². The van der Waals surface area contributed by atoms with Crippen molar-refractivity contribution in [2.75, 3.05) is 18.0 Å². The molecule has 0 aromatic heterocycles. The van der Waals surface area contributed by atoms with Crippen molar-refractivity contribution in [3.8, 4) is 0 Å². The molecule has 2 aliphatic heterocycles. The molecule has 1 aromatic rings. The summed E-state index contributed by atoms with van der Waals surface area (Å²) in [5.74, 6) is -2.53. The summed E-state index contributed by atoms with van der Waals surface area (Å²) in [7, 11) is 0. The van der Waals surface area contributed by atoms with Gasteiger partial charge in [0.1, 0.15) is 5.57 Å². The first kappa shape index (κ1) is 17.0. The molecule has 0 bridgehead atoms. The summed E-state index contributed by atoms with van der Waals surface area (Å²) in [6, 6.07) is 5.87. The van der Waals surface area contributed by atoms with Crippen LogP contribution >= 0.6 is 15.9 Å². The topological polar surface area (TPSA) is 55.8 Å². The number of benzene rings is 1. The number of carbonyl (C=O) groups is 2. The zero-order chi connectivity index (χ0) is 17.3. The van der Waals surface area contributed by atoms with E-state index in [9.17, 15) is 9.59 Å². The average molecular weight is 394 g/mol. The number of hydrogen-bond acceptors (Lipinski definition) is 5. The molecule has 0 radical (unpaired) electrons. The Morgan fingerprint density at radius 3 is 2.33 bits per heavy atom. The second-order valence-corrected chi connectivity index (χ2v) is 7.40. The van der Waals surface area contributed by atoms with E-state index in [4.69, 9.17) is 9.47 Å².